The van der Waals surface area contributed by atoms with Crippen LogP contribution < -0.4 is 5.32 Å². The number of nitrogens with zero attached hydrogens (tertiary/aromatic N) is 1. The van der Waals surface area contributed by atoms with Crippen molar-refractivity contribution in [3.8, 4) is 0 Å². The summed E-state index contributed by atoms with van der Waals surface area (Å²) in [5.74, 6) is 0.312. The van der Waals surface area contributed by atoms with E-state index in [0.29, 0.717) is 18.4 Å². The first-order valence-electron chi connectivity index (χ1n) is 8.26. The fourth-order valence-corrected chi connectivity index (χ4v) is 3.11. The highest BCUT2D eigenvalue weighted by Gasteiger charge is 2.24. The van der Waals surface area contributed by atoms with Crippen molar-refractivity contribution in [3.63, 3.8) is 0 Å². The first-order chi connectivity index (χ1) is 10.2. The normalized spacial score (nSPS) is 18.5. The molecule has 21 heavy (non-hydrogen) atoms. The van der Waals surface area contributed by atoms with Crippen LogP contribution in [-0.2, 0) is 11.2 Å². The second-order valence-corrected chi connectivity index (χ2v) is 6.08. The van der Waals surface area contributed by atoms with Crippen molar-refractivity contribution >= 4 is 5.91 Å². The Labute approximate surface area is 128 Å². The Morgan fingerprint density at radius 1 is 1.43 bits per heavy atom. The molecule has 0 aromatic heterocycles. The summed E-state index contributed by atoms with van der Waals surface area (Å²) in [5, 5.41) is 3.42. The molecule has 0 spiro atoms. The highest BCUT2D eigenvalue weighted by Crippen LogP contribution is 2.14. The van der Waals surface area contributed by atoms with E-state index in [9.17, 15) is 4.79 Å². The quantitative estimate of drug-likeness (QED) is 0.873. The molecule has 1 N–H and O–H groups in total. The minimum absolute atomic E-state index is 0.312. The molecule has 0 saturated carbocycles. The Kier molecular flexibility index (Phi) is 6.24. The summed E-state index contributed by atoms with van der Waals surface area (Å²) in [4.78, 5) is 14.7. The monoisotopic (exact) mass is 288 g/mol. The third-order valence-electron chi connectivity index (χ3n) is 4.21. The van der Waals surface area contributed by atoms with Gasteiger partial charge in [-0.1, -0.05) is 36.8 Å². The van der Waals surface area contributed by atoms with Crippen molar-refractivity contribution < 1.29 is 4.79 Å². The molecule has 0 bridgehead atoms. The SMILES string of the molecule is CCCN(C(=O)CCc1cccc(C)c1)C1CCCNC1. The Bertz CT molecular complexity index is 452. The lowest BCUT2D eigenvalue weighted by molar-refractivity contribution is -0.133. The van der Waals surface area contributed by atoms with Crippen LogP contribution in [0.5, 0.6) is 0 Å². The molecule has 1 fully saturated rings. The van der Waals surface area contributed by atoms with Gasteiger partial charge in [0, 0.05) is 25.6 Å². The maximum absolute atomic E-state index is 12.6. The molecule has 1 amide bonds. The number of hydrogen-bond donors (Lipinski definition) is 1. The van der Waals surface area contributed by atoms with Gasteiger partial charge in [-0.15, -0.1) is 0 Å². The molecule has 0 aliphatic carbocycles. The molecule has 1 aromatic rings. The van der Waals surface area contributed by atoms with Gasteiger partial charge < -0.3 is 10.2 Å². The van der Waals surface area contributed by atoms with E-state index < -0.39 is 0 Å². The number of carbonyl (C=O) groups excluding carboxylic acids is 1. The van der Waals surface area contributed by atoms with Crippen molar-refractivity contribution in [1.82, 2.24) is 10.2 Å². The number of carbonyl (C=O) groups is 1. The number of amides is 1. The van der Waals surface area contributed by atoms with E-state index in [1.807, 2.05) is 0 Å². The van der Waals surface area contributed by atoms with Crippen LogP contribution in [0.3, 0.4) is 0 Å². The van der Waals surface area contributed by atoms with E-state index in [2.05, 4.69) is 48.3 Å². The van der Waals surface area contributed by atoms with E-state index >= 15 is 0 Å². The van der Waals surface area contributed by atoms with Crippen LogP contribution in [0.4, 0.5) is 0 Å². The molecular weight excluding hydrogens is 260 g/mol. The number of piperidine rings is 1. The largest absolute Gasteiger partial charge is 0.338 e. The van der Waals surface area contributed by atoms with Crippen molar-refractivity contribution in [3.05, 3.63) is 35.4 Å². The predicted molar refractivity (Wildman–Crippen MR) is 87.4 cm³/mol. The zero-order valence-corrected chi connectivity index (χ0v) is 13.4. The van der Waals surface area contributed by atoms with Crippen molar-refractivity contribution in [2.75, 3.05) is 19.6 Å². The van der Waals surface area contributed by atoms with E-state index in [1.54, 1.807) is 0 Å². The van der Waals surface area contributed by atoms with Gasteiger partial charge >= 0.3 is 0 Å². The number of hydrogen-bond acceptors (Lipinski definition) is 2. The lowest BCUT2D eigenvalue weighted by atomic mass is 10.0. The van der Waals surface area contributed by atoms with Crippen molar-refractivity contribution in [1.29, 1.82) is 0 Å². The topological polar surface area (TPSA) is 32.3 Å². The predicted octanol–water partition coefficient (Wildman–Crippen LogP) is 2.92. The summed E-state index contributed by atoms with van der Waals surface area (Å²) in [6.45, 7) is 7.18. The van der Waals surface area contributed by atoms with Gasteiger partial charge in [0.15, 0.2) is 0 Å². The van der Waals surface area contributed by atoms with E-state index in [0.717, 1.165) is 38.9 Å². The Balaban J connectivity index is 1.91. The highest BCUT2D eigenvalue weighted by molar-refractivity contribution is 5.76. The highest BCUT2D eigenvalue weighted by atomic mass is 16.2. The van der Waals surface area contributed by atoms with Crippen molar-refractivity contribution in [2.24, 2.45) is 0 Å². The lowest BCUT2D eigenvalue weighted by Gasteiger charge is -2.34. The number of nitrogens with one attached hydrogen (secondary N) is 1. The summed E-state index contributed by atoms with van der Waals surface area (Å²) in [6.07, 6.45) is 4.83. The van der Waals surface area contributed by atoms with Crippen LogP contribution in [0.2, 0.25) is 0 Å². The summed E-state index contributed by atoms with van der Waals surface area (Å²) >= 11 is 0. The molecule has 1 aliphatic heterocycles. The van der Waals surface area contributed by atoms with Gasteiger partial charge in [-0.25, -0.2) is 0 Å². The minimum atomic E-state index is 0.312. The summed E-state index contributed by atoms with van der Waals surface area (Å²) in [7, 11) is 0. The van der Waals surface area contributed by atoms with Crippen molar-refractivity contribution in [2.45, 2.75) is 52.0 Å². The average Bonchev–Trinajstić information content (AvgIpc) is 2.51. The van der Waals surface area contributed by atoms with Gasteiger partial charge in [0.1, 0.15) is 0 Å². The first-order valence-corrected chi connectivity index (χ1v) is 8.26. The molecule has 3 heteroatoms. The van der Waals surface area contributed by atoms with Crippen LogP contribution in [0.25, 0.3) is 0 Å². The number of benzene rings is 1. The second-order valence-electron chi connectivity index (χ2n) is 6.08. The van der Waals surface area contributed by atoms with Gasteiger partial charge in [-0.2, -0.15) is 0 Å². The smallest absolute Gasteiger partial charge is 0.223 e. The van der Waals surface area contributed by atoms with Gasteiger partial charge in [0.25, 0.3) is 0 Å². The minimum Gasteiger partial charge on any atom is -0.338 e. The van der Waals surface area contributed by atoms with E-state index in [-0.39, 0.29) is 0 Å². The number of rotatable bonds is 6. The zero-order valence-electron chi connectivity index (χ0n) is 13.4. The first kappa shape index (κ1) is 16.0. The molecule has 116 valence electrons. The molecule has 0 radical (unpaired) electrons. The van der Waals surface area contributed by atoms with E-state index in [4.69, 9.17) is 0 Å². The second kappa shape index (κ2) is 8.18. The van der Waals surface area contributed by atoms with Crippen LogP contribution in [0, 0.1) is 6.92 Å². The van der Waals surface area contributed by atoms with Crippen LogP contribution in [0.1, 0.15) is 43.7 Å². The maximum Gasteiger partial charge on any atom is 0.223 e. The average molecular weight is 288 g/mol. The molecule has 1 saturated heterocycles. The molecule has 1 heterocycles. The van der Waals surface area contributed by atoms with Crippen LogP contribution in [-0.4, -0.2) is 36.5 Å². The molecule has 1 aromatic carbocycles. The van der Waals surface area contributed by atoms with Gasteiger partial charge in [-0.3, -0.25) is 4.79 Å². The summed E-state index contributed by atoms with van der Waals surface area (Å²) in [6, 6.07) is 8.86. The molecule has 2 rings (SSSR count). The van der Waals surface area contributed by atoms with E-state index in [1.165, 1.54) is 17.5 Å². The summed E-state index contributed by atoms with van der Waals surface area (Å²) < 4.78 is 0. The lowest BCUT2D eigenvalue weighted by Crippen LogP contribution is -2.49. The fourth-order valence-electron chi connectivity index (χ4n) is 3.11. The Morgan fingerprint density at radius 3 is 2.95 bits per heavy atom. The molecule has 1 atom stereocenters. The summed E-state index contributed by atoms with van der Waals surface area (Å²) in [5.41, 5.74) is 2.53. The van der Waals surface area contributed by atoms with Gasteiger partial charge in [-0.05, 0) is 44.7 Å². The Morgan fingerprint density at radius 2 is 2.29 bits per heavy atom. The third-order valence-corrected chi connectivity index (χ3v) is 4.21. The van der Waals surface area contributed by atoms with Gasteiger partial charge in [0.2, 0.25) is 5.91 Å². The third kappa shape index (κ3) is 4.85. The molecular formula is C18H28N2O. The van der Waals surface area contributed by atoms with Crippen LogP contribution >= 0.6 is 0 Å². The zero-order chi connectivity index (χ0) is 15.1. The number of aryl methyl sites for hydroxylation is 2. The fraction of sp³-hybridized carbons (Fsp3) is 0.611. The maximum atomic E-state index is 12.6. The Hall–Kier alpha value is -1.35. The van der Waals surface area contributed by atoms with Crippen LogP contribution in [0.15, 0.2) is 24.3 Å². The standard InChI is InChI=1S/C18H28N2O/c1-3-12-20(17-8-5-11-19-14-17)18(21)10-9-16-7-4-6-15(2)13-16/h4,6-7,13,17,19H,3,5,8-12,14H2,1-2H3. The molecule has 1 aliphatic rings. The molecule has 1 unspecified atom stereocenters. The van der Waals surface area contributed by atoms with Gasteiger partial charge in [0.05, 0.1) is 0 Å². The molecule has 3 nitrogen and oxygen atoms in total.